The summed E-state index contributed by atoms with van der Waals surface area (Å²) in [6.45, 7) is 1.45. The minimum atomic E-state index is -1.02. The minimum absolute atomic E-state index is 0.106. The Morgan fingerprint density at radius 3 is 2.73 bits per heavy atom. The summed E-state index contributed by atoms with van der Waals surface area (Å²) in [6.07, 6.45) is 4.77. The number of nitriles is 1. The first-order chi connectivity index (χ1) is 16.1. The first kappa shape index (κ1) is 23.1. The van der Waals surface area contributed by atoms with E-state index in [4.69, 9.17) is 4.74 Å². The first-order valence-electron chi connectivity index (χ1n) is 10.9. The van der Waals surface area contributed by atoms with Gasteiger partial charge in [-0.2, -0.15) is 5.26 Å². The van der Waals surface area contributed by atoms with Gasteiger partial charge in [0.15, 0.2) is 0 Å². The lowest BCUT2D eigenvalue weighted by atomic mass is 10.0. The Hall–Kier alpha value is -3.09. The van der Waals surface area contributed by atoms with Gasteiger partial charge in [-0.3, -0.25) is 9.78 Å². The van der Waals surface area contributed by atoms with Crippen molar-refractivity contribution in [2.75, 3.05) is 18.5 Å². The number of amides is 1. The highest BCUT2D eigenvalue weighted by molar-refractivity contribution is 7.16. The molecule has 170 valence electrons. The Labute approximate surface area is 197 Å². The molecule has 0 saturated heterocycles. The van der Waals surface area contributed by atoms with E-state index >= 15 is 0 Å². The van der Waals surface area contributed by atoms with Gasteiger partial charge in [0.05, 0.1) is 12.2 Å². The van der Waals surface area contributed by atoms with Crippen molar-refractivity contribution in [2.24, 2.45) is 0 Å². The standard InChI is InChI=1S/C25H26N4O3S/c26-16-21-20-10-14-29(25(31)32-15-11-19-8-12-27-13-9-19)17-22(20)33-24(21)28-23(30)7-6-18-4-2-1-3-5-18/h1-5,8-9,12-13,25,31H,6-7,10-11,14-15,17H2,(H,28,30). The first-order valence-corrected chi connectivity index (χ1v) is 11.8. The molecule has 4 rings (SSSR count). The van der Waals surface area contributed by atoms with Crippen LogP contribution in [-0.2, 0) is 35.3 Å². The van der Waals surface area contributed by atoms with Gasteiger partial charge >= 0.3 is 0 Å². The van der Waals surface area contributed by atoms with Crippen molar-refractivity contribution >= 4 is 22.2 Å². The zero-order valence-electron chi connectivity index (χ0n) is 18.2. The van der Waals surface area contributed by atoms with Gasteiger partial charge in [-0.05, 0) is 48.1 Å². The summed E-state index contributed by atoms with van der Waals surface area (Å²) in [5.41, 5.74) is 3.70. The molecule has 1 atom stereocenters. The van der Waals surface area contributed by atoms with E-state index in [0.717, 1.165) is 21.6 Å². The topological polar surface area (TPSA) is 98.5 Å². The number of carbonyl (C=O) groups is 1. The fourth-order valence-corrected chi connectivity index (χ4v) is 5.09. The molecule has 1 aromatic carbocycles. The van der Waals surface area contributed by atoms with Crippen molar-refractivity contribution in [3.05, 3.63) is 82.0 Å². The Bertz CT molecular complexity index is 1110. The van der Waals surface area contributed by atoms with Crippen LogP contribution in [0.25, 0.3) is 0 Å². The largest absolute Gasteiger partial charge is 0.356 e. The lowest BCUT2D eigenvalue weighted by molar-refractivity contribution is -0.197. The monoisotopic (exact) mass is 462 g/mol. The number of nitrogens with zero attached hydrogens (tertiary/aromatic N) is 3. The average molecular weight is 463 g/mol. The number of aromatic nitrogens is 1. The van der Waals surface area contributed by atoms with Crippen LogP contribution in [0.3, 0.4) is 0 Å². The summed E-state index contributed by atoms with van der Waals surface area (Å²) in [6, 6.07) is 16.0. The van der Waals surface area contributed by atoms with Gasteiger partial charge in [0.1, 0.15) is 11.1 Å². The van der Waals surface area contributed by atoms with Gasteiger partial charge in [0.2, 0.25) is 12.3 Å². The number of benzene rings is 1. The van der Waals surface area contributed by atoms with E-state index in [1.807, 2.05) is 47.4 Å². The number of anilines is 1. The van der Waals surface area contributed by atoms with E-state index in [0.29, 0.717) is 55.9 Å². The molecule has 2 aromatic heterocycles. The van der Waals surface area contributed by atoms with E-state index in [9.17, 15) is 15.2 Å². The van der Waals surface area contributed by atoms with Crippen LogP contribution in [0.15, 0.2) is 54.9 Å². The summed E-state index contributed by atoms with van der Waals surface area (Å²) in [5.74, 6) is -0.106. The molecule has 0 bridgehead atoms. The van der Waals surface area contributed by atoms with Crippen LogP contribution in [0.1, 0.15) is 33.6 Å². The second kappa shape index (κ2) is 11.2. The molecule has 2 N–H and O–H groups in total. The predicted octanol–water partition coefficient (Wildman–Crippen LogP) is 3.48. The highest BCUT2D eigenvalue weighted by Crippen LogP contribution is 2.37. The number of ether oxygens (including phenoxy) is 1. The number of fused-ring (bicyclic) bond motifs is 1. The Morgan fingerprint density at radius 2 is 1.97 bits per heavy atom. The molecule has 7 nitrogen and oxygen atoms in total. The average Bonchev–Trinajstić information content (AvgIpc) is 3.20. The second-order valence-corrected chi connectivity index (χ2v) is 8.98. The van der Waals surface area contributed by atoms with Gasteiger partial charge in [0, 0.05) is 36.8 Å². The number of aliphatic hydroxyl groups is 1. The van der Waals surface area contributed by atoms with Crippen LogP contribution in [0.2, 0.25) is 0 Å². The number of hydrogen-bond acceptors (Lipinski definition) is 7. The molecule has 0 saturated carbocycles. The molecule has 1 aliphatic rings. The van der Waals surface area contributed by atoms with Crippen LogP contribution in [-0.4, -0.2) is 40.5 Å². The third-order valence-electron chi connectivity index (χ3n) is 5.65. The third kappa shape index (κ3) is 6.03. The number of hydrogen-bond donors (Lipinski definition) is 2. The highest BCUT2D eigenvalue weighted by atomic mass is 32.1. The quantitative estimate of drug-likeness (QED) is 0.473. The molecule has 3 heterocycles. The maximum absolute atomic E-state index is 12.5. The maximum atomic E-state index is 12.5. The molecular weight excluding hydrogens is 436 g/mol. The zero-order valence-corrected chi connectivity index (χ0v) is 19.1. The van der Waals surface area contributed by atoms with Gasteiger partial charge in [-0.25, -0.2) is 4.90 Å². The van der Waals surface area contributed by atoms with Crippen molar-refractivity contribution in [1.82, 2.24) is 9.88 Å². The number of nitrogens with one attached hydrogen (secondary N) is 1. The van der Waals surface area contributed by atoms with Gasteiger partial charge in [-0.15, -0.1) is 11.3 Å². The van der Waals surface area contributed by atoms with Crippen molar-refractivity contribution in [2.45, 2.75) is 38.6 Å². The Kier molecular flexibility index (Phi) is 7.81. The molecule has 3 aromatic rings. The fourth-order valence-electron chi connectivity index (χ4n) is 3.85. The van der Waals surface area contributed by atoms with Crippen molar-refractivity contribution < 1.29 is 14.6 Å². The summed E-state index contributed by atoms with van der Waals surface area (Å²) < 4.78 is 5.63. The number of aliphatic hydroxyl groups excluding tert-OH is 1. The van der Waals surface area contributed by atoms with Crippen LogP contribution >= 0.6 is 11.3 Å². The molecule has 1 amide bonds. The second-order valence-electron chi connectivity index (χ2n) is 7.88. The minimum Gasteiger partial charge on any atom is -0.356 e. The van der Waals surface area contributed by atoms with Gasteiger partial charge in [0.25, 0.3) is 0 Å². The molecule has 33 heavy (non-hydrogen) atoms. The van der Waals surface area contributed by atoms with E-state index in [1.165, 1.54) is 11.3 Å². The summed E-state index contributed by atoms with van der Waals surface area (Å²) >= 11 is 1.41. The molecule has 1 unspecified atom stereocenters. The SMILES string of the molecule is N#Cc1c(NC(=O)CCc2ccccc2)sc2c1CCN(C(O)OCCc1ccncc1)C2. The molecule has 8 heteroatoms. The van der Waals surface area contributed by atoms with E-state index in [2.05, 4.69) is 16.4 Å². The lowest BCUT2D eigenvalue weighted by Gasteiger charge is -2.30. The highest BCUT2D eigenvalue weighted by Gasteiger charge is 2.28. The van der Waals surface area contributed by atoms with E-state index < -0.39 is 6.41 Å². The van der Waals surface area contributed by atoms with E-state index in [-0.39, 0.29) is 5.91 Å². The molecule has 1 aliphatic heterocycles. The number of rotatable bonds is 9. The molecule has 0 aliphatic carbocycles. The number of thiophene rings is 1. The summed E-state index contributed by atoms with van der Waals surface area (Å²) in [7, 11) is 0. The third-order valence-corrected chi connectivity index (χ3v) is 6.79. The van der Waals surface area contributed by atoms with Crippen LogP contribution in [0, 0.1) is 11.3 Å². The Morgan fingerprint density at radius 1 is 1.21 bits per heavy atom. The molecule has 0 radical (unpaired) electrons. The molecule has 0 fully saturated rings. The lowest BCUT2D eigenvalue weighted by Crippen LogP contribution is -2.40. The Balaban J connectivity index is 1.33. The summed E-state index contributed by atoms with van der Waals surface area (Å²) in [4.78, 5) is 19.3. The number of pyridine rings is 1. The molecular formula is C25H26N4O3S. The van der Waals surface area contributed by atoms with E-state index in [1.54, 1.807) is 12.4 Å². The van der Waals surface area contributed by atoms with Crippen LogP contribution < -0.4 is 5.32 Å². The fraction of sp³-hybridized carbons (Fsp3) is 0.320. The zero-order chi connectivity index (χ0) is 23.0. The summed E-state index contributed by atoms with van der Waals surface area (Å²) in [5, 5.41) is 23.7. The van der Waals surface area contributed by atoms with Crippen LogP contribution in [0.4, 0.5) is 5.00 Å². The van der Waals surface area contributed by atoms with Crippen molar-refractivity contribution in [3.8, 4) is 6.07 Å². The van der Waals surface area contributed by atoms with Gasteiger partial charge in [-0.1, -0.05) is 30.3 Å². The maximum Gasteiger partial charge on any atom is 0.225 e. The predicted molar refractivity (Wildman–Crippen MR) is 126 cm³/mol. The van der Waals surface area contributed by atoms with Crippen molar-refractivity contribution in [1.29, 1.82) is 5.26 Å². The normalized spacial score (nSPS) is 14.3. The molecule has 0 spiro atoms. The van der Waals surface area contributed by atoms with Crippen LogP contribution in [0.5, 0.6) is 0 Å². The van der Waals surface area contributed by atoms with Gasteiger partial charge < -0.3 is 15.2 Å². The smallest absolute Gasteiger partial charge is 0.225 e. The number of aryl methyl sites for hydroxylation is 1. The number of carbonyl (C=O) groups excluding carboxylic acids is 1. The van der Waals surface area contributed by atoms with Crippen molar-refractivity contribution in [3.63, 3.8) is 0 Å².